The smallest absolute Gasteiger partial charge is 0.337 e. The molecule has 0 radical (unpaired) electrons. The maximum absolute atomic E-state index is 11.9. The van der Waals surface area contributed by atoms with Crippen molar-refractivity contribution in [3.05, 3.63) is 41.0 Å². The molecule has 0 aliphatic carbocycles. The van der Waals surface area contributed by atoms with Crippen molar-refractivity contribution in [2.24, 2.45) is 0 Å². The highest BCUT2D eigenvalue weighted by Gasteiger charge is 2.24. The molecule has 0 N–H and O–H groups in total. The van der Waals surface area contributed by atoms with E-state index in [0.717, 1.165) is 24.0 Å². The summed E-state index contributed by atoms with van der Waals surface area (Å²) in [4.78, 5) is 11.9. The molecule has 1 aliphatic rings. The largest absolute Gasteiger partial charge is 0.488 e. The maximum atomic E-state index is 11.9. The molecule has 0 aromatic heterocycles. The van der Waals surface area contributed by atoms with E-state index in [1.165, 1.54) is 7.11 Å². The van der Waals surface area contributed by atoms with Gasteiger partial charge in [-0.2, -0.15) is 0 Å². The first-order valence-corrected chi connectivity index (χ1v) is 6.30. The summed E-state index contributed by atoms with van der Waals surface area (Å²) in [7, 11) is 1.41. The van der Waals surface area contributed by atoms with Crippen LogP contribution in [0, 0.1) is 0 Å². The molecule has 0 bridgehead atoms. The number of hydrogen-bond acceptors (Lipinski definition) is 3. The summed E-state index contributed by atoms with van der Waals surface area (Å²) >= 11 is 0. The first kappa shape index (κ1) is 12.7. The Kier molecular flexibility index (Phi) is 4.03. The number of hydrogen-bond donors (Lipinski definition) is 0. The molecule has 2 rings (SSSR count). The van der Waals surface area contributed by atoms with Crippen LogP contribution in [0.3, 0.4) is 0 Å². The van der Waals surface area contributed by atoms with E-state index in [1.807, 2.05) is 24.3 Å². The molecular formula is C15H18O3. The lowest BCUT2D eigenvalue weighted by Crippen LogP contribution is -2.07. The van der Waals surface area contributed by atoms with Gasteiger partial charge in [0.2, 0.25) is 0 Å². The van der Waals surface area contributed by atoms with E-state index in [9.17, 15) is 4.79 Å². The van der Waals surface area contributed by atoms with Crippen LogP contribution in [0.15, 0.2) is 29.8 Å². The van der Waals surface area contributed by atoms with Crippen molar-refractivity contribution in [1.29, 1.82) is 0 Å². The zero-order valence-electron chi connectivity index (χ0n) is 10.9. The molecule has 0 amide bonds. The van der Waals surface area contributed by atoms with Gasteiger partial charge in [-0.15, -0.1) is 0 Å². The van der Waals surface area contributed by atoms with Crippen LogP contribution >= 0.6 is 0 Å². The van der Waals surface area contributed by atoms with E-state index in [1.54, 1.807) is 0 Å². The molecule has 96 valence electrons. The van der Waals surface area contributed by atoms with Gasteiger partial charge in [-0.3, -0.25) is 0 Å². The van der Waals surface area contributed by atoms with Gasteiger partial charge in [-0.25, -0.2) is 4.79 Å². The molecule has 18 heavy (non-hydrogen) atoms. The summed E-state index contributed by atoms with van der Waals surface area (Å²) < 4.78 is 10.5. The van der Waals surface area contributed by atoms with Crippen LogP contribution in [0.1, 0.15) is 37.3 Å². The van der Waals surface area contributed by atoms with Crippen molar-refractivity contribution < 1.29 is 14.3 Å². The monoisotopic (exact) mass is 246 g/mol. The van der Waals surface area contributed by atoms with E-state index in [-0.39, 0.29) is 5.97 Å². The second-order valence-corrected chi connectivity index (χ2v) is 4.35. The lowest BCUT2D eigenvalue weighted by atomic mass is 10.0. The van der Waals surface area contributed by atoms with Gasteiger partial charge in [-0.05, 0) is 12.8 Å². The molecular weight excluding hydrogens is 228 g/mol. The average Bonchev–Trinajstić information content (AvgIpc) is 2.83. The molecule has 0 unspecified atom stereocenters. The highest BCUT2D eigenvalue weighted by atomic mass is 16.5. The third kappa shape index (κ3) is 2.40. The summed E-state index contributed by atoms with van der Waals surface area (Å²) in [6, 6.07) is 7.96. The minimum absolute atomic E-state index is 0.282. The lowest BCUT2D eigenvalue weighted by molar-refractivity contribution is -0.136. The molecule has 0 atom stereocenters. The molecule has 0 spiro atoms. The second kappa shape index (κ2) is 5.71. The van der Waals surface area contributed by atoms with Gasteiger partial charge in [0.15, 0.2) is 0 Å². The Morgan fingerprint density at radius 2 is 2.17 bits per heavy atom. The van der Waals surface area contributed by atoms with Crippen molar-refractivity contribution in [2.45, 2.75) is 32.8 Å². The molecule has 1 heterocycles. The van der Waals surface area contributed by atoms with E-state index in [2.05, 4.69) is 6.92 Å². The van der Waals surface area contributed by atoms with E-state index < -0.39 is 0 Å². The third-order valence-corrected chi connectivity index (χ3v) is 3.12. The number of rotatable bonds is 4. The van der Waals surface area contributed by atoms with Gasteiger partial charge < -0.3 is 9.47 Å². The summed E-state index contributed by atoms with van der Waals surface area (Å²) in [5.41, 5.74) is 2.81. The van der Waals surface area contributed by atoms with Crippen LogP contribution in [-0.4, -0.2) is 13.1 Å². The molecule has 1 aliphatic heterocycles. The number of carbonyl (C=O) groups excluding carboxylic acids is 1. The highest BCUT2D eigenvalue weighted by Crippen LogP contribution is 2.33. The summed E-state index contributed by atoms with van der Waals surface area (Å²) in [5.74, 6) is 0.418. The summed E-state index contributed by atoms with van der Waals surface area (Å²) in [6.45, 7) is 2.64. The Morgan fingerprint density at radius 1 is 1.39 bits per heavy atom. The fourth-order valence-electron chi connectivity index (χ4n) is 2.13. The van der Waals surface area contributed by atoms with Crippen LogP contribution in [0.2, 0.25) is 0 Å². The first-order chi connectivity index (χ1) is 8.77. The second-order valence-electron chi connectivity index (χ2n) is 4.35. The fraction of sp³-hybridized carbons (Fsp3) is 0.400. The summed E-state index contributed by atoms with van der Waals surface area (Å²) in [5, 5.41) is 0. The van der Waals surface area contributed by atoms with Crippen molar-refractivity contribution >= 4 is 11.7 Å². The van der Waals surface area contributed by atoms with E-state index in [0.29, 0.717) is 24.4 Å². The lowest BCUT2D eigenvalue weighted by Gasteiger charge is -2.09. The van der Waals surface area contributed by atoms with Gasteiger partial charge in [0.25, 0.3) is 0 Å². The fourth-order valence-corrected chi connectivity index (χ4v) is 2.13. The molecule has 0 saturated carbocycles. The Balaban J connectivity index is 2.39. The predicted molar refractivity (Wildman–Crippen MR) is 69.7 cm³/mol. The van der Waals surface area contributed by atoms with E-state index >= 15 is 0 Å². The number of unbranched alkanes of at least 4 members (excludes halogenated alkanes) is 1. The third-order valence-electron chi connectivity index (χ3n) is 3.12. The van der Waals surface area contributed by atoms with Gasteiger partial charge in [-0.1, -0.05) is 37.6 Å². The zero-order chi connectivity index (χ0) is 13.0. The quantitative estimate of drug-likeness (QED) is 0.604. The van der Waals surface area contributed by atoms with Crippen LogP contribution < -0.4 is 0 Å². The van der Waals surface area contributed by atoms with Crippen LogP contribution in [0.4, 0.5) is 0 Å². The Labute approximate surface area is 107 Å². The van der Waals surface area contributed by atoms with E-state index in [4.69, 9.17) is 9.47 Å². The number of benzene rings is 1. The summed E-state index contributed by atoms with van der Waals surface area (Å²) in [6.07, 6.45) is 2.70. The maximum Gasteiger partial charge on any atom is 0.337 e. The molecule has 3 nitrogen and oxygen atoms in total. The highest BCUT2D eigenvalue weighted by molar-refractivity contribution is 5.96. The van der Waals surface area contributed by atoms with Gasteiger partial charge in [0, 0.05) is 11.1 Å². The molecule has 0 saturated heterocycles. The number of methoxy groups -OCH3 is 1. The van der Waals surface area contributed by atoms with Gasteiger partial charge in [0.1, 0.15) is 12.4 Å². The number of fused-ring (bicyclic) bond motifs is 1. The molecule has 0 fully saturated rings. The standard InChI is InChI=1S/C15H18O3/c1-3-4-8-13(15(16)17-2)14-12-9-6-5-7-11(12)10-18-14/h5-7,9H,3-4,8,10H2,1-2H3/b14-13+. The van der Waals surface area contributed by atoms with Gasteiger partial charge in [0.05, 0.1) is 12.7 Å². The van der Waals surface area contributed by atoms with Crippen molar-refractivity contribution in [1.82, 2.24) is 0 Å². The normalized spacial score (nSPS) is 15.9. The Bertz CT molecular complexity index is 474. The number of esters is 1. The molecule has 3 heteroatoms. The van der Waals surface area contributed by atoms with Crippen molar-refractivity contribution in [2.75, 3.05) is 7.11 Å². The molecule has 1 aromatic rings. The number of ether oxygens (including phenoxy) is 2. The SMILES string of the molecule is CCCC/C(C(=O)OC)=C1\OCc2ccccc21. The van der Waals surface area contributed by atoms with Crippen LogP contribution in [0.25, 0.3) is 5.76 Å². The van der Waals surface area contributed by atoms with Gasteiger partial charge >= 0.3 is 5.97 Å². The minimum atomic E-state index is -0.282. The minimum Gasteiger partial charge on any atom is -0.488 e. The van der Waals surface area contributed by atoms with Crippen molar-refractivity contribution in [3.63, 3.8) is 0 Å². The average molecular weight is 246 g/mol. The Morgan fingerprint density at radius 3 is 2.89 bits per heavy atom. The van der Waals surface area contributed by atoms with Crippen molar-refractivity contribution in [3.8, 4) is 0 Å². The Hall–Kier alpha value is -1.77. The zero-order valence-corrected chi connectivity index (χ0v) is 10.9. The predicted octanol–water partition coefficient (Wildman–Crippen LogP) is 3.29. The van der Waals surface area contributed by atoms with Crippen LogP contribution in [-0.2, 0) is 20.9 Å². The molecule has 1 aromatic carbocycles. The van der Waals surface area contributed by atoms with Crippen LogP contribution in [0.5, 0.6) is 0 Å². The first-order valence-electron chi connectivity index (χ1n) is 6.30. The number of carbonyl (C=O) groups is 1. The topological polar surface area (TPSA) is 35.5 Å².